The number of hydrogen-bond donors (Lipinski definition) is 0. The molecular formula is C15H24O. The van der Waals surface area contributed by atoms with Gasteiger partial charge in [-0.25, -0.2) is 0 Å². The van der Waals surface area contributed by atoms with Gasteiger partial charge in [-0.1, -0.05) is 59.8 Å². The molecule has 0 amide bonds. The minimum absolute atomic E-state index is 0.140. The second-order valence-corrected chi connectivity index (χ2v) is 3.73. The molecule has 0 atom stereocenters. The van der Waals surface area contributed by atoms with Crippen LogP contribution in [0.4, 0.5) is 0 Å². The van der Waals surface area contributed by atoms with Gasteiger partial charge in [0, 0.05) is 11.0 Å². The molecule has 1 heteroatoms. The molecule has 0 aromatic carbocycles. The van der Waals surface area contributed by atoms with Crippen molar-refractivity contribution in [3.8, 4) is 0 Å². The quantitative estimate of drug-likeness (QED) is 0.570. The molecular weight excluding hydrogens is 196 g/mol. The fourth-order valence-corrected chi connectivity index (χ4v) is 1.25. The Kier molecular flexibility index (Phi) is 6.55. The van der Waals surface area contributed by atoms with Gasteiger partial charge >= 0.3 is 0 Å². The van der Waals surface area contributed by atoms with E-state index < -0.39 is 0 Å². The molecule has 0 saturated heterocycles. The Morgan fingerprint density at radius 3 is 2.12 bits per heavy atom. The first kappa shape index (κ1) is 14.8. The van der Waals surface area contributed by atoms with E-state index in [1.165, 1.54) is 0 Å². The van der Waals surface area contributed by atoms with Crippen molar-refractivity contribution in [1.82, 2.24) is 0 Å². The van der Waals surface area contributed by atoms with E-state index in [-0.39, 0.29) is 5.41 Å². The van der Waals surface area contributed by atoms with E-state index in [1.54, 1.807) is 6.26 Å². The molecule has 0 N–H and O–H groups in total. The second kappa shape index (κ2) is 7.10. The van der Waals surface area contributed by atoms with E-state index in [0.717, 1.165) is 11.3 Å². The van der Waals surface area contributed by atoms with E-state index >= 15 is 0 Å². The Bertz CT molecular complexity index is 310. The van der Waals surface area contributed by atoms with Gasteiger partial charge < -0.3 is 4.42 Å². The van der Waals surface area contributed by atoms with Crippen LogP contribution in [0.5, 0.6) is 0 Å². The third-order valence-electron chi connectivity index (χ3n) is 2.08. The number of allylic oxidation sites excluding steroid dienone is 2. The molecule has 0 bridgehead atoms. The summed E-state index contributed by atoms with van der Waals surface area (Å²) >= 11 is 0. The summed E-state index contributed by atoms with van der Waals surface area (Å²) in [7, 11) is 0. The molecule has 1 aromatic rings. The molecule has 0 saturated carbocycles. The molecule has 1 aliphatic carbocycles. The second-order valence-electron chi connectivity index (χ2n) is 3.73. The first-order valence-corrected chi connectivity index (χ1v) is 6.13. The number of hydrogen-bond acceptors (Lipinski definition) is 1. The Hall–Kier alpha value is -1.24. The van der Waals surface area contributed by atoms with Gasteiger partial charge in [0.25, 0.3) is 0 Å². The van der Waals surface area contributed by atoms with E-state index in [9.17, 15) is 0 Å². The van der Waals surface area contributed by atoms with Gasteiger partial charge in [0.1, 0.15) is 5.76 Å². The molecule has 1 aromatic heterocycles. The summed E-state index contributed by atoms with van der Waals surface area (Å²) in [5, 5.41) is 0. The van der Waals surface area contributed by atoms with Crippen molar-refractivity contribution < 1.29 is 4.42 Å². The van der Waals surface area contributed by atoms with Crippen molar-refractivity contribution in [3.05, 3.63) is 35.8 Å². The van der Waals surface area contributed by atoms with Gasteiger partial charge in [0.15, 0.2) is 0 Å². The molecule has 1 nitrogen and oxygen atoms in total. The van der Waals surface area contributed by atoms with Crippen LogP contribution in [-0.4, -0.2) is 0 Å². The third-order valence-corrected chi connectivity index (χ3v) is 2.08. The van der Waals surface area contributed by atoms with Crippen molar-refractivity contribution in [1.29, 1.82) is 0 Å². The summed E-state index contributed by atoms with van der Waals surface area (Å²) in [4.78, 5) is 0. The van der Waals surface area contributed by atoms with Crippen LogP contribution in [-0.2, 0) is 0 Å². The van der Waals surface area contributed by atoms with Crippen molar-refractivity contribution >= 4 is 12.2 Å². The highest BCUT2D eigenvalue weighted by atomic mass is 16.3. The number of rotatable bonds is 0. The molecule has 16 heavy (non-hydrogen) atoms. The Morgan fingerprint density at radius 2 is 1.50 bits per heavy atom. The predicted molar refractivity (Wildman–Crippen MR) is 73.3 cm³/mol. The standard InChI is InChI=1S/C11H12O.2C2H6/c1-11(2)6-3-9-5-8-12-10(9)4-7-11;2*1-2/h3-8H,1-2H3;2*1-2H3. The SMILES string of the molecule is CC.CC.CC1(C)C=Cc2ccoc2C=C1. The Balaban J connectivity index is 0.000000509. The van der Waals surface area contributed by atoms with Crippen LogP contribution in [0.2, 0.25) is 0 Å². The van der Waals surface area contributed by atoms with E-state index in [4.69, 9.17) is 4.42 Å². The topological polar surface area (TPSA) is 13.1 Å². The zero-order valence-electron chi connectivity index (χ0n) is 11.4. The van der Waals surface area contributed by atoms with Gasteiger partial charge in [-0.3, -0.25) is 0 Å². The fraction of sp³-hybridized carbons (Fsp3) is 0.467. The zero-order valence-corrected chi connectivity index (χ0v) is 11.4. The summed E-state index contributed by atoms with van der Waals surface area (Å²) in [5.41, 5.74) is 1.30. The lowest BCUT2D eigenvalue weighted by Crippen LogP contribution is -2.00. The van der Waals surface area contributed by atoms with Crippen molar-refractivity contribution in [2.45, 2.75) is 41.5 Å². The lowest BCUT2D eigenvalue weighted by molar-refractivity contribution is 0.555. The molecule has 1 heterocycles. The van der Waals surface area contributed by atoms with Crippen molar-refractivity contribution in [2.24, 2.45) is 5.41 Å². The summed E-state index contributed by atoms with van der Waals surface area (Å²) in [6.45, 7) is 12.3. The highest BCUT2D eigenvalue weighted by Crippen LogP contribution is 2.27. The maximum absolute atomic E-state index is 5.29. The highest BCUT2D eigenvalue weighted by Gasteiger charge is 2.13. The van der Waals surface area contributed by atoms with Crippen LogP contribution in [0.15, 0.2) is 28.9 Å². The number of fused-ring (bicyclic) bond motifs is 1. The maximum Gasteiger partial charge on any atom is 0.133 e. The van der Waals surface area contributed by atoms with E-state index in [2.05, 4.69) is 32.1 Å². The van der Waals surface area contributed by atoms with Gasteiger partial charge in [-0.15, -0.1) is 0 Å². The van der Waals surface area contributed by atoms with Crippen LogP contribution in [0.25, 0.3) is 12.2 Å². The molecule has 90 valence electrons. The molecule has 0 aliphatic heterocycles. The van der Waals surface area contributed by atoms with Crippen molar-refractivity contribution in [2.75, 3.05) is 0 Å². The smallest absolute Gasteiger partial charge is 0.133 e. The van der Waals surface area contributed by atoms with Gasteiger partial charge in [-0.2, -0.15) is 0 Å². The van der Waals surface area contributed by atoms with E-state index in [0.29, 0.717) is 0 Å². The monoisotopic (exact) mass is 220 g/mol. The Morgan fingerprint density at radius 1 is 0.938 bits per heavy atom. The van der Waals surface area contributed by atoms with Gasteiger partial charge in [0.05, 0.1) is 6.26 Å². The average molecular weight is 220 g/mol. The molecule has 0 spiro atoms. The largest absolute Gasteiger partial charge is 0.464 e. The van der Waals surface area contributed by atoms with Crippen LogP contribution in [0.1, 0.15) is 52.9 Å². The van der Waals surface area contributed by atoms with Crippen LogP contribution < -0.4 is 0 Å². The summed E-state index contributed by atoms with van der Waals surface area (Å²) in [6, 6.07) is 1.98. The van der Waals surface area contributed by atoms with Crippen LogP contribution >= 0.6 is 0 Å². The molecule has 1 aliphatic rings. The minimum atomic E-state index is 0.140. The average Bonchev–Trinajstić information content (AvgIpc) is 2.72. The first-order chi connectivity index (χ1) is 7.67. The lowest BCUT2D eigenvalue weighted by Gasteiger charge is -2.11. The summed E-state index contributed by atoms with van der Waals surface area (Å²) in [5.74, 6) is 0.955. The molecule has 0 radical (unpaired) electrons. The summed E-state index contributed by atoms with van der Waals surface area (Å²) < 4.78 is 5.29. The number of furan rings is 1. The molecule has 2 rings (SSSR count). The predicted octanol–water partition coefficient (Wildman–Crippen LogP) is 5.40. The zero-order chi connectivity index (χ0) is 12.6. The van der Waals surface area contributed by atoms with Gasteiger partial charge in [-0.05, 0) is 12.1 Å². The molecule has 0 unspecified atom stereocenters. The van der Waals surface area contributed by atoms with Crippen LogP contribution in [0.3, 0.4) is 0 Å². The van der Waals surface area contributed by atoms with E-state index in [1.807, 2.05) is 39.8 Å². The first-order valence-electron chi connectivity index (χ1n) is 6.13. The maximum atomic E-state index is 5.29. The minimum Gasteiger partial charge on any atom is -0.464 e. The summed E-state index contributed by atoms with van der Waals surface area (Å²) in [6.07, 6.45) is 10.2. The Labute approximate surface area is 99.9 Å². The lowest BCUT2D eigenvalue weighted by atomic mass is 9.93. The fourth-order valence-electron chi connectivity index (χ4n) is 1.25. The van der Waals surface area contributed by atoms with Gasteiger partial charge in [0.2, 0.25) is 0 Å². The van der Waals surface area contributed by atoms with Crippen molar-refractivity contribution in [3.63, 3.8) is 0 Å². The van der Waals surface area contributed by atoms with Crippen LogP contribution in [0, 0.1) is 5.41 Å². The molecule has 0 fully saturated rings. The normalized spacial score (nSPS) is 14.9. The highest BCUT2D eigenvalue weighted by molar-refractivity contribution is 5.64. The third kappa shape index (κ3) is 4.09.